The molecule has 1 aromatic carbocycles. The van der Waals surface area contributed by atoms with E-state index >= 15 is 0 Å². The maximum Gasteiger partial charge on any atom is 0.151 e. The van der Waals surface area contributed by atoms with Crippen molar-refractivity contribution >= 4 is 25.8 Å². The third-order valence-corrected chi connectivity index (χ3v) is 7.01. The Morgan fingerprint density at radius 1 is 1.06 bits per heavy atom. The summed E-state index contributed by atoms with van der Waals surface area (Å²) >= 11 is 3.58. The molecule has 2 nitrogen and oxygen atoms in total. The first-order valence-corrected chi connectivity index (χ1v) is 8.84. The van der Waals surface area contributed by atoms with Crippen molar-refractivity contribution in [1.82, 2.24) is 0 Å². The molecule has 1 aromatic rings. The highest BCUT2D eigenvalue weighted by atomic mass is 79.9. The van der Waals surface area contributed by atoms with Crippen molar-refractivity contribution in [2.75, 3.05) is 6.26 Å². The van der Waals surface area contributed by atoms with E-state index < -0.39 is 15.1 Å². The maximum absolute atomic E-state index is 11.7. The summed E-state index contributed by atoms with van der Waals surface area (Å²) in [6, 6.07) is 2.15. The standard InChI is InChI=1S/C14H21BrO2S/c1-8-7-9(2)11(4)13(10(8)3)14(15)12(5)18(6,16)17/h7,12,14H,1-6H3. The SMILES string of the molecule is Cc1cc(C)c(C)c(C(Br)C(C)S(C)(=O)=O)c1C. The van der Waals surface area contributed by atoms with Gasteiger partial charge >= 0.3 is 0 Å². The molecule has 0 aliphatic heterocycles. The molecule has 0 amide bonds. The Morgan fingerprint density at radius 2 is 1.44 bits per heavy atom. The van der Waals surface area contributed by atoms with E-state index in [-0.39, 0.29) is 4.83 Å². The van der Waals surface area contributed by atoms with Crippen LogP contribution in [0.2, 0.25) is 0 Å². The Hall–Kier alpha value is -0.350. The molecule has 1 rings (SSSR count). The number of hydrogen-bond acceptors (Lipinski definition) is 2. The summed E-state index contributed by atoms with van der Waals surface area (Å²) in [5.41, 5.74) is 5.88. The van der Waals surface area contributed by atoms with Crippen LogP contribution in [0.4, 0.5) is 0 Å². The van der Waals surface area contributed by atoms with Crippen LogP contribution >= 0.6 is 15.9 Å². The number of rotatable bonds is 3. The summed E-state index contributed by atoms with van der Waals surface area (Å²) < 4.78 is 23.4. The zero-order valence-electron chi connectivity index (χ0n) is 11.8. The molecule has 4 heteroatoms. The number of aryl methyl sites for hydroxylation is 2. The molecule has 0 aliphatic rings. The lowest BCUT2D eigenvalue weighted by molar-refractivity contribution is 0.588. The molecule has 0 aromatic heterocycles. The van der Waals surface area contributed by atoms with E-state index in [9.17, 15) is 8.42 Å². The smallest absolute Gasteiger partial charge is 0.151 e. The predicted octanol–water partition coefficient (Wildman–Crippen LogP) is 3.79. The molecular formula is C14H21BrO2S. The zero-order chi connectivity index (χ0) is 14.2. The van der Waals surface area contributed by atoms with Crippen LogP contribution < -0.4 is 0 Å². The third kappa shape index (κ3) is 2.97. The molecular weight excluding hydrogens is 312 g/mol. The summed E-state index contributed by atoms with van der Waals surface area (Å²) in [5, 5.41) is -0.434. The molecule has 0 N–H and O–H groups in total. The number of hydrogen-bond donors (Lipinski definition) is 0. The minimum atomic E-state index is -3.06. The van der Waals surface area contributed by atoms with Gasteiger partial charge in [-0.15, -0.1) is 0 Å². The van der Waals surface area contributed by atoms with Gasteiger partial charge in [0.05, 0.1) is 10.1 Å². The third-order valence-electron chi connectivity index (χ3n) is 3.79. The lowest BCUT2D eigenvalue weighted by Gasteiger charge is -2.23. The van der Waals surface area contributed by atoms with Crippen molar-refractivity contribution in [1.29, 1.82) is 0 Å². The van der Waals surface area contributed by atoms with Gasteiger partial charge in [-0.25, -0.2) is 8.42 Å². The Bertz CT molecular complexity index is 535. The molecule has 0 saturated heterocycles. The fourth-order valence-corrected chi connectivity index (χ4v) is 4.55. The Labute approximate surface area is 119 Å². The van der Waals surface area contributed by atoms with Crippen molar-refractivity contribution in [3.8, 4) is 0 Å². The first-order chi connectivity index (χ1) is 8.07. The van der Waals surface area contributed by atoms with Gasteiger partial charge in [-0.3, -0.25) is 0 Å². The molecule has 18 heavy (non-hydrogen) atoms. The second-order valence-electron chi connectivity index (χ2n) is 5.11. The molecule has 0 saturated carbocycles. The molecule has 0 aliphatic carbocycles. The van der Waals surface area contributed by atoms with Crippen molar-refractivity contribution in [3.05, 3.63) is 33.9 Å². The van der Waals surface area contributed by atoms with Crippen LogP contribution in [0, 0.1) is 27.7 Å². The fourth-order valence-electron chi connectivity index (χ4n) is 2.11. The van der Waals surface area contributed by atoms with E-state index in [0.717, 1.165) is 5.56 Å². The van der Waals surface area contributed by atoms with Gasteiger partial charge in [0.1, 0.15) is 0 Å². The van der Waals surface area contributed by atoms with Gasteiger partial charge in [-0.1, -0.05) is 22.0 Å². The van der Waals surface area contributed by atoms with E-state index in [1.807, 2.05) is 0 Å². The number of sulfone groups is 1. The van der Waals surface area contributed by atoms with Crippen LogP contribution in [-0.4, -0.2) is 19.9 Å². The van der Waals surface area contributed by atoms with Gasteiger partial charge < -0.3 is 0 Å². The van der Waals surface area contributed by atoms with E-state index in [4.69, 9.17) is 0 Å². The quantitative estimate of drug-likeness (QED) is 0.789. The summed E-state index contributed by atoms with van der Waals surface area (Å²) in [6.07, 6.45) is 1.29. The molecule has 0 radical (unpaired) electrons. The Morgan fingerprint density at radius 3 is 1.78 bits per heavy atom. The number of alkyl halides is 1. The average molecular weight is 333 g/mol. The van der Waals surface area contributed by atoms with Crippen LogP contribution in [0.15, 0.2) is 6.07 Å². The molecule has 2 unspecified atom stereocenters. The topological polar surface area (TPSA) is 34.1 Å². The van der Waals surface area contributed by atoms with Crippen LogP contribution in [-0.2, 0) is 9.84 Å². The van der Waals surface area contributed by atoms with Gasteiger partial charge in [0.2, 0.25) is 0 Å². The van der Waals surface area contributed by atoms with Crippen molar-refractivity contribution in [3.63, 3.8) is 0 Å². The molecule has 102 valence electrons. The normalized spacial score (nSPS) is 15.5. The Balaban J connectivity index is 3.42. The van der Waals surface area contributed by atoms with E-state index in [1.165, 1.54) is 28.5 Å². The molecule has 0 spiro atoms. The van der Waals surface area contributed by atoms with E-state index in [0.29, 0.717) is 0 Å². The highest BCUT2D eigenvalue weighted by molar-refractivity contribution is 9.09. The molecule has 0 bridgehead atoms. The minimum absolute atomic E-state index is 0.161. The largest absolute Gasteiger partial charge is 0.229 e. The Kier molecular flexibility index (Phi) is 4.65. The summed E-state index contributed by atoms with van der Waals surface area (Å²) in [6.45, 7) is 10.00. The fraction of sp³-hybridized carbons (Fsp3) is 0.571. The van der Waals surface area contributed by atoms with Crippen LogP contribution in [0.1, 0.15) is 39.6 Å². The lowest BCUT2D eigenvalue weighted by Crippen LogP contribution is -2.22. The summed E-state index contributed by atoms with van der Waals surface area (Å²) in [7, 11) is -3.06. The molecule has 2 atom stereocenters. The number of halogens is 1. The maximum atomic E-state index is 11.7. The highest BCUT2D eigenvalue weighted by Gasteiger charge is 2.28. The van der Waals surface area contributed by atoms with Gasteiger partial charge in [-0.05, 0) is 62.4 Å². The van der Waals surface area contributed by atoms with E-state index in [1.54, 1.807) is 6.92 Å². The second kappa shape index (κ2) is 5.33. The van der Waals surface area contributed by atoms with E-state index in [2.05, 4.69) is 49.7 Å². The molecule has 0 heterocycles. The highest BCUT2D eigenvalue weighted by Crippen LogP contribution is 2.36. The van der Waals surface area contributed by atoms with Crippen LogP contribution in [0.3, 0.4) is 0 Å². The van der Waals surface area contributed by atoms with Gasteiger partial charge in [0.25, 0.3) is 0 Å². The van der Waals surface area contributed by atoms with Gasteiger partial charge in [0.15, 0.2) is 9.84 Å². The van der Waals surface area contributed by atoms with Crippen molar-refractivity contribution in [2.45, 2.75) is 44.7 Å². The van der Waals surface area contributed by atoms with Crippen LogP contribution in [0.25, 0.3) is 0 Å². The summed E-state index contributed by atoms with van der Waals surface area (Å²) in [5.74, 6) is 0. The zero-order valence-corrected chi connectivity index (χ0v) is 14.2. The summed E-state index contributed by atoms with van der Waals surface area (Å²) in [4.78, 5) is -0.161. The molecule has 0 fully saturated rings. The lowest BCUT2D eigenvalue weighted by atomic mass is 9.91. The average Bonchev–Trinajstić information content (AvgIpc) is 2.24. The minimum Gasteiger partial charge on any atom is -0.229 e. The monoisotopic (exact) mass is 332 g/mol. The predicted molar refractivity (Wildman–Crippen MR) is 81.4 cm³/mol. The first-order valence-electron chi connectivity index (χ1n) is 5.97. The number of benzene rings is 1. The van der Waals surface area contributed by atoms with Crippen LogP contribution in [0.5, 0.6) is 0 Å². The van der Waals surface area contributed by atoms with Gasteiger partial charge in [0, 0.05) is 6.26 Å². The first kappa shape index (κ1) is 15.7. The van der Waals surface area contributed by atoms with Crippen molar-refractivity contribution < 1.29 is 8.42 Å². The van der Waals surface area contributed by atoms with Gasteiger partial charge in [-0.2, -0.15) is 0 Å². The second-order valence-corrected chi connectivity index (χ2v) is 8.50. The van der Waals surface area contributed by atoms with Crippen molar-refractivity contribution in [2.24, 2.45) is 0 Å².